The first kappa shape index (κ1) is 9.81. The third-order valence-corrected chi connectivity index (χ3v) is 2.29. The lowest BCUT2D eigenvalue weighted by atomic mass is 10.1. The van der Waals surface area contributed by atoms with Gasteiger partial charge in [-0.2, -0.15) is 5.26 Å². The van der Waals surface area contributed by atoms with Gasteiger partial charge in [0.15, 0.2) is 0 Å². The number of nitriles is 1. The molecule has 0 spiro atoms. The molecule has 0 atom stereocenters. The molecule has 1 aromatic carbocycles. The second-order valence-corrected chi connectivity index (χ2v) is 3.47. The number of hydrogen-bond acceptors (Lipinski definition) is 4. The van der Waals surface area contributed by atoms with Gasteiger partial charge in [-0.15, -0.1) is 0 Å². The first-order valence-electron chi connectivity index (χ1n) is 4.79. The fourth-order valence-electron chi connectivity index (χ4n) is 1.37. The summed E-state index contributed by atoms with van der Waals surface area (Å²) in [6.07, 6.45) is 0.452. The highest BCUT2D eigenvalue weighted by Gasteiger charge is 2.20. The smallest absolute Gasteiger partial charge is 0.145 e. The molecule has 0 amide bonds. The van der Waals surface area contributed by atoms with Crippen LogP contribution in [-0.2, 0) is 11.2 Å². The minimum Gasteiger partial charge on any atom is -0.486 e. The SMILES string of the molecule is N#CCc1cc(OC2COC2)ccc1N. The molecular formula is C11H12N2O2. The van der Waals surface area contributed by atoms with Crippen molar-refractivity contribution in [3.63, 3.8) is 0 Å². The highest BCUT2D eigenvalue weighted by molar-refractivity contribution is 5.51. The quantitative estimate of drug-likeness (QED) is 0.749. The van der Waals surface area contributed by atoms with Crippen molar-refractivity contribution in [1.29, 1.82) is 5.26 Å². The van der Waals surface area contributed by atoms with E-state index in [1.54, 1.807) is 6.07 Å². The Bertz CT molecular complexity index is 394. The maximum absolute atomic E-state index is 8.61. The van der Waals surface area contributed by atoms with E-state index in [2.05, 4.69) is 6.07 Å². The molecule has 1 fully saturated rings. The van der Waals surface area contributed by atoms with Crippen LogP contribution in [0.15, 0.2) is 18.2 Å². The van der Waals surface area contributed by atoms with Crippen molar-refractivity contribution in [3.8, 4) is 11.8 Å². The van der Waals surface area contributed by atoms with Gasteiger partial charge in [-0.3, -0.25) is 0 Å². The van der Waals surface area contributed by atoms with Gasteiger partial charge in [0.05, 0.1) is 25.7 Å². The van der Waals surface area contributed by atoms with Crippen molar-refractivity contribution in [3.05, 3.63) is 23.8 Å². The Morgan fingerprint density at radius 2 is 2.33 bits per heavy atom. The highest BCUT2D eigenvalue weighted by atomic mass is 16.6. The molecule has 1 aliphatic rings. The summed E-state index contributed by atoms with van der Waals surface area (Å²) in [5.41, 5.74) is 7.17. The number of anilines is 1. The van der Waals surface area contributed by atoms with Gasteiger partial charge >= 0.3 is 0 Å². The lowest BCUT2D eigenvalue weighted by Crippen LogP contribution is -2.38. The maximum atomic E-state index is 8.61. The van der Waals surface area contributed by atoms with Crippen LogP contribution in [0.2, 0.25) is 0 Å². The van der Waals surface area contributed by atoms with E-state index in [0.29, 0.717) is 25.3 Å². The van der Waals surface area contributed by atoms with Crippen molar-refractivity contribution in [2.24, 2.45) is 0 Å². The largest absolute Gasteiger partial charge is 0.486 e. The Morgan fingerprint density at radius 3 is 2.93 bits per heavy atom. The Labute approximate surface area is 88.2 Å². The first-order valence-corrected chi connectivity index (χ1v) is 4.79. The lowest BCUT2D eigenvalue weighted by molar-refractivity contribution is -0.0796. The molecule has 1 aliphatic heterocycles. The standard InChI is InChI=1S/C11H12N2O2/c12-4-3-8-5-9(1-2-11(8)13)15-10-6-14-7-10/h1-2,5,10H,3,6-7,13H2. The molecule has 1 heterocycles. The van der Waals surface area contributed by atoms with E-state index in [9.17, 15) is 0 Å². The molecule has 1 saturated heterocycles. The van der Waals surface area contributed by atoms with Crippen molar-refractivity contribution < 1.29 is 9.47 Å². The molecule has 15 heavy (non-hydrogen) atoms. The van der Waals surface area contributed by atoms with Crippen LogP contribution in [0.3, 0.4) is 0 Å². The van der Waals surface area contributed by atoms with Crippen molar-refractivity contribution in [2.75, 3.05) is 18.9 Å². The van der Waals surface area contributed by atoms with Gasteiger partial charge in [-0.05, 0) is 23.8 Å². The van der Waals surface area contributed by atoms with Crippen LogP contribution >= 0.6 is 0 Å². The van der Waals surface area contributed by atoms with Gasteiger partial charge in [0.25, 0.3) is 0 Å². The molecule has 0 bridgehead atoms. The van der Waals surface area contributed by atoms with Crippen molar-refractivity contribution in [2.45, 2.75) is 12.5 Å². The molecule has 0 aliphatic carbocycles. The Hall–Kier alpha value is -1.73. The number of nitrogens with two attached hydrogens (primary N) is 1. The minimum atomic E-state index is 0.142. The van der Waals surface area contributed by atoms with Crippen LogP contribution in [-0.4, -0.2) is 19.3 Å². The van der Waals surface area contributed by atoms with E-state index in [0.717, 1.165) is 11.3 Å². The number of rotatable bonds is 3. The summed E-state index contributed by atoms with van der Waals surface area (Å²) in [6, 6.07) is 7.47. The fourth-order valence-corrected chi connectivity index (χ4v) is 1.37. The Morgan fingerprint density at radius 1 is 1.53 bits per heavy atom. The predicted molar refractivity (Wildman–Crippen MR) is 55.4 cm³/mol. The number of nitrogens with zero attached hydrogens (tertiary/aromatic N) is 1. The van der Waals surface area contributed by atoms with E-state index >= 15 is 0 Å². The topological polar surface area (TPSA) is 68.3 Å². The number of benzene rings is 1. The average molecular weight is 204 g/mol. The van der Waals surface area contributed by atoms with Crippen molar-refractivity contribution >= 4 is 5.69 Å². The monoisotopic (exact) mass is 204 g/mol. The van der Waals surface area contributed by atoms with Crippen LogP contribution < -0.4 is 10.5 Å². The first-order chi connectivity index (χ1) is 7.29. The summed E-state index contributed by atoms with van der Waals surface area (Å²) in [4.78, 5) is 0. The molecule has 0 radical (unpaired) electrons. The second kappa shape index (κ2) is 4.20. The van der Waals surface area contributed by atoms with E-state index in [-0.39, 0.29) is 6.10 Å². The molecule has 2 N–H and O–H groups in total. The Balaban J connectivity index is 2.11. The number of nitrogen functional groups attached to an aromatic ring is 1. The second-order valence-electron chi connectivity index (χ2n) is 3.47. The molecular weight excluding hydrogens is 192 g/mol. The number of hydrogen-bond donors (Lipinski definition) is 1. The normalized spacial score (nSPS) is 15.4. The van der Waals surface area contributed by atoms with Crippen LogP contribution in [0.1, 0.15) is 5.56 Å². The van der Waals surface area contributed by atoms with Crippen LogP contribution in [0.25, 0.3) is 0 Å². The summed E-state index contributed by atoms with van der Waals surface area (Å²) in [5.74, 6) is 0.753. The van der Waals surface area contributed by atoms with Gasteiger partial charge in [0.2, 0.25) is 0 Å². The molecule has 1 aromatic rings. The third-order valence-electron chi connectivity index (χ3n) is 2.29. The van der Waals surface area contributed by atoms with E-state index < -0.39 is 0 Å². The van der Waals surface area contributed by atoms with Crippen LogP contribution in [0.4, 0.5) is 5.69 Å². The zero-order valence-corrected chi connectivity index (χ0v) is 8.27. The minimum absolute atomic E-state index is 0.142. The maximum Gasteiger partial charge on any atom is 0.145 e. The zero-order valence-electron chi connectivity index (χ0n) is 8.27. The molecule has 0 aromatic heterocycles. The van der Waals surface area contributed by atoms with Crippen LogP contribution in [0, 0.1) is 11.3 Å². The van der Waals surface area contributed by atoms with Crippen molar-refractivity contribution in [1.82, 2.24) is 0 Å². The summed E-state index contributed by atoms with van der Waals surface area (Å²) >= 11 is 0. The summed E-state index contributed by atoms with van der Waals surface area (Å²) in [6.45, 7) is 1.27. The molecule has 0 unspecified atom stereocenters. The lowest BCUT2D eigenvalue weighted by Gasteiger charge is -2.26. The van der Waals surface area contributed by atoms with Gasteiger partial charge in [-0.1, -0.05) is 0 Å². The molecule has 0 saturated carbocycles. The molecule has 78 valence electrons. The summed E-state index contributed by atoms with van der Waals surface area (Å²) in [7, 11) is 0. The third kappa shape index (κ3) is 2.20. The van der Waals surface area contributed by atoms with Gasteiger partial charge < -0.3 is 15.2 Å². The highest BCUT2D eigenvalue weighted by Crippen LogP contribution is 2.22. The molecule has 4 nitrogen and oxygen atoms in total. The molecule has 4 heteroatoms. The van der Waals surface area contributed by atoms with E-state index in [1.807, 2.05) is 12.1 Å². The fraction of sp³-hybridized carbons (Fsp3) is 0.364. The number of ether oxygens (including phenoxy) is 2. The summed E-state index contributed by atoms with van der Waals surface area (Å²) < 4.78 is 10.6. The van der Waals surface area contributed by atoms with Crippen LogP contribution in [0.5, 0.6) is 5.75 Å². The van der Waals surface area contributed by atoms with E-state index in [4.69, 9.17) is 20.5 Å². The average Bonchev–Trinajstić information content (AvgIpc) is 2.17. The predicted octanol–water partition coefficient (Wildman–Crippen LogP) is 1.11. The van der Waals surface area contributed by atoms with Gasteiger partial charge in [0, 0.05) is 5.69 Å². The van der Waals surface area contributed by atoms with E-state index in [1.165, 1.54) is 0 Å². The molecule has 2 rings (SSSR count). The van der Waals surface area contributed by atoms with Gasteiger partial charge in [0.1, 0.15) is 11.9 Å². The zero-order chi connectivity index (χ0) is 10.7. The summed E-state index contributed by atoms with van der Waals surface area (Å²) in [5, 5.41) is 8.61. The van der Waals surface area contributed by atoms with Gasteiger partial charge in [-0.25, -0.2) is 0 Å². The Kier molecular flexibility index (Phi) is 2.75.